The lowest BCUT2D eigenvalue weighted by atomic mass is 10.1. The second kappa shape index (κ2) is 8.83. The smallest absolute Gasteiger partial charge is 0.387 e. The topological polar surface area (TPSA) is 71.3 Å². The van der Waals surface area contributed by atoms with Crippen LogP contribution in [-0.2, 0) is 4.79 Å². The molecule has 0 fully saturated rings. The number of carbonyl (C=O) groups is 1. The van der Waals surface area contributed by atoms with Crippen molar-refractivity contribution >= 4 is 29.3 Å². The number of nitriles is 1. The largest absolute Gasteiger partial charge is 0.493 e. The molecular weight excluding hydrogens is 366 g/mol. The average molecular weight is 379 g/mol. The van der Waals surface area contributed by atoms with Crippen molar-refractivity contribution in [2.24, 2.45) is 0 Å². The van der Waals surface area contributed by atoms with Crippen LogP contribution >= 0.6 is 11.6 Å². The van der Waals surface area contributed by atoms with Crippen molar-refractivity contribution in [3.05, 3.63) is 58.6 Å². The molecule has 0 aromatic heterocycles. The van der Waals surface area contributed by atoms with Crippen LogP contribution in [0.15, 0.2) is 48.0 Å². The first-order valence-corrected chi connectivity index (χ1v) is 7.62. The number of hydrogen-bond acceptors (Lipinski definition) is 4. The number of carbonyl (C=O) groups excluding carboxylic acids is 1. The summed E-state index contributed by atoms with van der Waals surface area (Å²) in [6.45, 7) is -3.04. The van der Waals surface area contributed by atoms with Gasteiger partial charge in [0, 0.05) is 10.7 Å². The number of methoxy groups -OCH3 is 1. The normalized spacial score (nSPS) is 11.0. The number of benzene rings is 2. The summed E-state index contributed by atoms with van der Waals surface area (Å²) < 4.78 is 34.3. The lowest BCUT2D eigenvalue weighted by Gasteiger charge is -2.10. The van der Waals surface area contributed by atoms with Crippen molar-refractivity contribution in [2.45, 2.75) is 6.61 Å². The van der Waals surface area contributed by atoms with Gasteiger partial charge in [0.15, 0.2) is 11.5 Å². The molecule has 1 N–H and O–H groups in total. The number of anilines is 1. The van der Waals surface area contributed by atoms with Gasteiger partial charge in [-0.2, -0.15) is 14.0 Å². The van der Waals surface area contributed by atoms with Gasteiger partial charge in [-0.3, -0.25) is 4.79 Å². The molecule has 5 nitrogen and oxygen atoms in total. The predicted octanol–water partition coefficient (Wildman–Crippen LogP) is 4.50. The van der Waals surface area contributed by atoms with Crippen molar-refractivity contribution in [2.75, 3.05) is 12.4 Å². The first kappa shape index (κ1) is 19.2. The third-order valence-corrected chi connectivity index (χ3v) is 3.43. The van der Waals surface area contributed by atoms with Gasteiger partial charge in [0.2, 0.25) is 0 Å². The zero-order chi connectivity index (χ0) is 19.1. The molecule has 0 spiro atoms. The Bertz CT molecular complexity index is 862. The Morgan fingerprint density at radius 1 is 1.23 bits per heavy atom. The minimum absolute atomic E-state index is 0.103. The first-order valence-electron chi connectivity index (χ1n) is 7.24. The fraction of sp³-hybridized carbons (Fsp3) is 0.111. The highest BCUT2D eigenvalue weighted by atomic mass is 35.5. The van der Waals surface area contributed by atoms with E-state index in [2.05, 4.69) is 10.1 Å². The first-order chi connectivity index (χ1) is 12.4. The Morgan fingerprint density at radius 3 is 2.50 bits per heavy atom. The predicted molar refractivity (Wildman–Crippen MR) is 93.3 cm³/mol. The van der Waals surface area contributed by atoms with E-state index >= 15 is 0 Å². The molecule has 0 aliphatic heterocycles. The standard InChI is InChI=1S/C18H13ClF2N2O3/c1-25-15-7-2-11(9-16(15)26-18(20)21)8-12(10-22)17(24)23-14-5-3-13(19)4-6-14/h2-9,18H,1H3,(H,23,24)/b12-8+. The monoisotopic (exact) mass is 378 g/mol. The number of amides is 1. The van der Waals surface area contributed by atoms with Gasteiger partial charge in [-0.05, 0) is 48.0 Å². The van der Waals surface area contributed by atoms with Gasteiger partial charge in [-0.25, -0.2) is 0 Å². The summed E-state index contributed by atoms with van der Waals surface area (Å²) in [5.41, 5.74) is 0.564. The zero-order valence-electron chi connectivity index (χ0n) is 13.5. The summed E-state index contributed by atoms with van der Waals surface area (Å²) in [5, 5.41) is 12.3. The molecule has 8 heteroatoms. The van der Waals surface area contributed by atoms with Gasteiger partial charge in [0.1, 0.15) is 11.6 Å². The molecule has 0 atom stereocenters. The van der Waals surface area contributed by atoms with Crippen LogP contribution in [0.2, 0.25) is 5.02 Å². The van der Waals surface area contributed by atoms with E-state index in [4.69, 9.17) is 16.3 Å². The van der Waals surface area contributed by atoms with E-state index in [-0.39, 0.29) is 17.1 Å². The van der Waals surface area contributed by atoms with Gasteiger partial charge < -0.3 is 14.8 Å². The van der Waals surface area contributed by atoms with Crippen LogP contribution in [0.25, 0.3) is 6.08 Å². The van der Waals surface area contributed by atoms with Crippen LogP contribution in [0.1, 0.15) is 5.56 Å². The Balaban J connectivity index is 2.25. The highest BCUT2D eigenvalue weighted by Crippen LogP contribution is 2.30. The molecule has 134 valence electrons. The van der Waals surface area contributed by atoms with Crippen molar-refractivity contribution in [1.82, 2.24) is 0 Å². The average Bonchev–Trinajstić information content (AvgIpc) is 2.61. The lowest BCUT2D eigenvalue weighted by Crippen LogP contribution is -2.13. The third kappa shape index (κ3) is 5.19. The zero-order valence-corrected chi connectivity index (χ0v) is 14.3. The summed E-state index contributed by atoms with van der Waals surface area (Å²) in [4.78, 5) is 12.2. The Morgan fingerprint density at radius 2 is 1.92 bits per heavy atom. The van der Waals surface area contributed by atoms with E-state index in [9.17, 15) is 18.8 Å². The number of ether oxygens (including phenoxy) is 2. The Hall–Kier alpha value is -3.11. The molecule has 0 aliphatic carbocycles. The maximum atomic E-state index is 12.5. The number of alkyl halides is 2. The van der Waals surface area contributed by atoms with E-state index < -0.39 is 12.5 Å². The van der Waals surface area contributed by atoms with Gasteiger partial charge in [0.05, 0.1) is 7.11 Å². The van der Waals surface area contributed by atoms with Crippen molar-refractivity contribution in [3.63, 3.8) is 0 Å². The van der Waals surface area contributed by atoms with E-state index in [1.165, 1.54) is 31.4 Å². The van der Waals surface area contributed by atoms with Crippen molar-refractivity contribution < 1.29 is 23.0 Å². The fourth-order valence-electron chi connectivity index (χ4n) is 2.02. The number of nitrogens with zero attached hydrogens (tertiary/aromatic N) is 1. The maximum absolute atomic E-state index is 12.5. The summed E-state index contributed by atoms with van der Waals surface area (Å²) in [6.07, 6.45) is 1.25. The molecule has 2 rings (SSSR count). The molecule has 0 heterocycles. The van der Waals surface area contributed by atoms with Gasteiger partial charge in [0.25, 0.3) is 5.91 Å². The van der Waals surface area contributed by atoms with Gasteiger partial charge in [-0.15, -0.1) is 0 Å². The highest BCUT2D eigenvalue weighted by molar-refractivity contribution is 6.30. The molecule has 0 saturated heterocycles. The van der Waals surface area contributed by atoms with Crippen LogP contribution in [-0.4, -0.2) is 19.6 Å². The summed E-state index contributed by atoms with van der Waals surface area (Å²) in [7, 11) is 1.31. The maximum Gasteiger partial charge on any atom is 0.387 e. The molecule has 2 aromatic carbocycles. The summed E-state index contributed by atoms with van der Waals surface area (Å²) in [6, 6.07) is 12.3. The van der Waals surface area contributed by atoms with Gasteiger partial charge in [-0.1, -0.05) is 17.7 Å². The molecule has 0 radical (unpaired) electrons. The minimum Gasteiger partial charge on any atom is -0.493 e. The summed E-state index contributed by atoms with van der Waals surface area (Å²) >= 11 is 5.77. The fourth-order valence-corrected chi connectivity index (χ4v) is 2.14. The molecule has 2 aromatic rings. The Kier molecular flexibility index (Phi) is 6.53. The number of rotatable bonds is 6. The quantitative estimate of drug-likeness (QED) is 0.593. The van der Waals surface area contributed by atoms with E-state index in [1.807, 2.05) is 0 Å². The highest BCUT2D eigenvalue weighted by Gasteiger charge is 2.13. The molecule has 0 unspecified atom stereocenters. The Labute approximate surface area is 153 Å². The molecule has 1 amide bonds. The van der Waals surface area contributed by atoms with Crippen LogP contribution in [0.5, 0.6) is 11.5 Å². The third-order valence-electron chi connectivity index (χ3n) is 3.18. The molecule has 0 bridgehead atoms. The van der Waals surface area contributed by atoms with Gasteiger partial charge >= 0.3 is 6.61 Å². The second-order valence-electron chi connectivity index (χ2n) is 4.92. The van der Waals surface area contributed by atoms with Crippen LogP contribution < -0.4 is 14.8 Å². The number of halogens is 3. The lowest BCUT2D eigenvalue weighted by molar-refractivity contribution is -0.112. The van der Waals surface area contributed by atoms with E-state index in [0.29, 0.717) is 16.3 Å². The second-order valence-corrected chi connectivity index (χ2v) is 5.36. The molecule has 0 aliphatic rings. The van der Waals surface area contributed by atoms with Crippen molar-refractivity contribution in [3.8, 4) is 17.6 Å². The summed E-state index contributed by atoms with van der Waals surface area (Å²) in [5.74, 6) is -0.750. The SMILES string of the molecule is COc1ccc(/C=C(\C#N)C(=O)Nc2ccc(Cl)cc2)cc1OC(F)F. The van der Waals surface area contributed by atoms with Crippen LogP contribution in [0, 0.1) is 11.3 Å². The number of hydrogen-bond donors (Lipinski definition) is 1. The minimum atomic E-state index is -3.04. The number of nitrogens with one attached hydrogen (secondary N) is 1. The van der Waals surface area contributed by atoms with Crippen LogP contribution in [0.4, 0.5) is 14.5 Å². The molecule has 26 heavy (non-hydrogen) atoms. The molecule has 0 saturated carbocycles. The van der Waals surface area contributed by atoms with E-state index in [0.717, 1.165) is 0 Å². The molecular formula is C18H13ClF2N2O3. The van der Waals surface area contributed by atoms with Crippen LogP contribution in [0.3, 0.4) is 0 Å². The van der Waals surface area contributed by atoms with Crippen molar-refractivity contribution in [1.29, 1.82) is 5.26 Å². The van der Waals surface area contributed by atoms with E-state index in [1.54, 1.807) is 30.3 Å².